The molecule has 0 aromatic heterocycles. The zero-order valence-corrected chi connectivity index (χ0v) is 13.1. The number of benzene rings is 1. The molecule has 112 valence electrons. The molecule has 0 aliphatic rings. The van der Waals surface area contributed by atoms with Crippen molar-refractivity contribution in [1.82, 2.24) is 4.90 Å². The highest BCUT2D eigenvalue weighted by Crippen LogP contribution is 2.20. The fourth-order valence-corrected chi connectivity index (χ4v) is 2.05. The maximum absolute atomic E-state index is 12.6. The number of ether oxygens (including phenoxy) is 2. The Kier molecular flexibility index (Phi) is 6.52. The van der Waals surface area contributed by atoms with Gasteiger partial charge >= 0.3 is 0 Å². The van der Waals surface area contributed by atoms with Crippen LogP contribution in [0, 0.1) is 12.8 Å². The Morgan fingerprint density at radius 1 is 1.30 bits per heavy atom. The summed E-state index contributed by atoms with van der Waals surface area (Å²) in [6, 6.07) is 5.56. The van der Waals surface area contributed by atoms with Crippen molar-refractivity contribution in [3.8, 4) is 5.75 Å². The largest absolute Gasteiger partial charge is 0.496 e. The number of carbonyl (C=O) groups excluding carboxylic acids is 1. The molecule has 0 spiro atoms. The number of methoxy groups -OCH3 is 2. The van der Waals surface area contributed by atoms with Crippen LogP contribution in [0.3, 0.4) is 0 Å². The third-order valence-electron chi connectivity index (χ3n) is 3.09. The number of rotatable bonds is 7. The van der Waals surface area contributed by atoms with Gasteiger partial charge in [-0.25, -0.2) is 0 Å². The highest BCUT2D eigenvalue weighted by atomic mass is 16.5. The van der Waals surface area contributed by atoms with Crippen molar-refractivity contribution in [3.63, 3.8) is 0 Å². The van der Waals surface area contributed by atoms with Crippen molar-refractivity contribution in [2.24, 2.45) is 5.92 Å². The van der Waals surface area contributed by atoms with Crippen LogP contribution in [0.4, 0.5) is 0 Å². The summed E-state index contributed by atoms with van der Waals surface area (Å²) in [5.41, 5.74) is 1.68. The first-order chi connectivity index (χ1) is 9.49. The lowest BCUT2D eigenvalue weighted by Gasteiger charge is -2.24. The second-order valence-corrected chi connectivity index (χ2v) is 5.32. The highest BCUT2D eigenvalue weighted by Gasteiger charge is 2.17. The molecule has 1 rings (SSSR count). The van der Waals surface area contributed by atoms with E-state index in [1.165, 1.54) is 0 Å². The summed E-state index contributed by atoms with van der Waals surface area (Å²) in [4.78, 5) is 14.4. The first kappa shape index (κ1) is 16.5. The van der Waals surface area contributed by atoms with E-state index in [1.807, 2.05) is 24.0 Å². The second-order valence-electron chi connectivity index (χ2n) is 5.32. The van der Waals surface area contributed by atoms with E-state index < -0.39 is 0 Å². The summed E-state index contributed by atoms with van der Waals surface area (Å²) in [6.07, 6.45) is 0. The van der Waals surface area contributed by atoms with Gasteiger partial charge in [-0.1, -0.05) is 19.9 Å². The average Bonchev–Trinajstić information content (AvgIpc) is 2.42. The summed E-state index contributed by atoms with van der Waals surface area (Å²) in [5.74, 6) is 1.18. The van der Waals surface area contributed by atoms with Crippen LogP contribution in [0.5, 0.6) is 5.75 Å². The number of aryl methyl sites for hydroxylation is 1. The Bertz CT molecular complexity index is 443. The average molecular weight is 279 g/mol. The van der Waals surface area contributed by atoms with Crippen LogP contribution in [0.25, 0.3) is 0 Å². The molecule has 0 unspecified atom stereocenters. The van der Waals surface area contributed by atoms with Crippen LogP contribution in [0.2, 0.25) is 0 Å². The lowest BCUT2D eigenvalue weighted by atomic mass is 10.1. The molecule has 1 aromatic rings. The molecular weight excluding hydrogens is 254 g/mol. The molecule has 0 aliphatic heterocycles. The quantitative estimate of drug-likeness (QED) is 0.770. The number of carbonyl (C=O) groups is 1. The van der Waals surface area contributed by atoms with Gasteiger partial charge in [0.15, 0.2) is 0 Å². The minimum atomic E-state index is 0.0223. The van der Waals surface area contributed by atoms with Crippen molar-refractivity contribution in [1.29, 1.82) is 0 Å². The SMILES string of the molecule is COCCN(CC(C)C)C(=O)c1ccc(C)c(OC)c1. The molecule has 0 atom stereocenters. The molecule has 4 nitrogen and oxygen atoms in total. The van der Waals surface area contributed by atoms with Crippen LogP contribution >= 0.6 is 0 Å². The minimum Gasteiger partial charge on any atom is -0.496 e. The molecule has 1 amide bonds. The van der Waals surface area contributed by atoms with Crippen molar-refractivity contribution >= 4 is 5.91 Å². The van der Waals surface area contributed by atoms with E-state index in [-0.39, 0.29) is 5.91 Å². The molecule has 0 fully saturated rings. The van der Waals surface area contributed by atoms with Crippen LogP contribution in [-0.2, 0) is 4.74 Å². The van der Waals surface area contributed by atoms with Crippen LogP contribution < -0.4 is 4.74 Å². The predicted molar refractivity (Wildman–Crippen MR) is 80.3 cm³/mol. The monoisotopic (exact) mass is 279 g/mol. The van der Waals surface area contributed by atoms with Gasteiger partial charge < -0.3 is 14.4 Å². The van der Waals surface area contributed by atoms with E-state index in [2.05, 4.69) is 13.8 Å². The first-order valence-corrected chi connectivity index (χ1v) is 6.92. The van der Waals surface area contributed by atoms with Crippen LogP contribution in [-0.4, -0.2) is 44.7 Å². The van der Waals surface area contributed by atoms with Gasteiger partial charge in [0.1, 0.15) is 5.75 Å². The van der Waals surface area contributed by atoms with E-state index in [4.69, 9.17) is 9.47 Å². The summed E-state index contributed by atoms with van der Waals surface area (Å²) >= 11 is 0. The normalized spacial score (nSPS) is 10.7. The smallest absolute Gasteiger partial charge is 0.254 e. The van der Waals surface area contributed by atoms with Gasteiger partial charge in [0.2, 0.25) is 0 Å². The lowest BCUT2D eigenvalue weighted by molar-refractivity contribution is 0.0672. The maximum Gasteiger partial charge on any atom is 0.254 e. The van der Waals surface area contributed by atoms with Gasteiger partial charge in [-0.05, 0) is 30.5 Å². The maximum atomic E-state index is 12.6. The number of nitrogens with zero attached hydrogens (tertiary/aromatic N) is 1. The number of amides is 1. The van der Waals surface area contributed by atoms with Crippen molar-refractivity contribution in [2.75, 3.05) is 33.9 Å². The van der Waals surface area contributed by atoms with Gasteiger partial charge in [0.25, 0.3) is 5.91 Å². The fourth-order valence-electron chi connectivity index (χ4n) is 2.05. The molecule has 0 N–H and O–H groups in total. The molecule has 0 heterocycles. The molecule has 20 heavy (non-hydrogen) atoms. The fraction of sp³-hybridized carbons (Fsp3) is 0.562. The van der Waals surface area contributed by atoms with E-state index in [9.17, 15) is 4.79 Å². The second kappa shape index (κ2) is 7.90. The molecule has 0 radical (unpaired) electrons. The van der Waals surface area contributed by atoms with Gasteiger partial charge in [0, 0.05) is 25.8 Å². The predicted octanol–water partition coefficient (Wildman–Crippen LogP) is 2.75. The Balaban J connectivity index is 2.92. The van der Waals surface area contributed by atoms with Gasteiger partial charge in [0.05, 0.1) is 13.7 Å². The van der Waals surface area contributed by atoms with Crippen molar-refractivity contribution < 1.29 is 14.3 Å². The molecule has 0 saturated carbocycles. The molecular formula is C16H25NO3. The number of hydrogen-bond acceptors (Lipinski definition) is 3. The first-order valence-electron chi connectivity index (χ1n) is 6.92. The number of hydrogen-bond donors (Lipinski definition) is 0. The molecule has 0 saturated heterocycles. The minimum absolute atomic E-state index is 0.0223. The van der Waals surface area contributed by atoms with Crippen molar-refractivity contribution in [2.45, 2.75) is 20.8 Å². The Morgan fingerprint density at radius 2 is 2.00 bits per heavy atom. The molecule has 4 heteroatoms. The topological polar surface area (TPSA) is 38.8 Å². The van der Waals surface area contributed by atoms with Crippen molar-refractivity contribution in [3.05, 3.63) is 29.3 Å². The third kappa shape index (κ3) is 4.53. The molecule has 1 aromatic carbocycles. The van der Waals surface area contributed by atoms with E-state index in [0.717, 1.165) is 17.9 Å². The Morgan fingerprint density at radius 3 is 2.55 bits per heavy atom. The zero-order chi connectivity index (χ0) is 15.1. The molecule has 0 aliphatic carbocycles. The Hall–Kier alpha value is -1.55. The Labute approximate surface area is 121 Å². The summed E-state index contributed by atoms with van der Waals surface area (Å²) in [7, 11) is 3.26. The molecule has 0 bridgehead atoms. The van der Waals surface area contributed by atoms with Crippen LogP contribution in [0.1, 0.15) is 29.8 Å². The third-order valence-corrected chi connectivity index (χ3v) is 3.09. The van der Waals surface area contributed by atoms with Gasteiger partial charge in [-0.15, -0.1) is 0 Å². The van der Waals surface area contributed by atoms with Crippen LogP contribution in [0.15, 0.2) is 18.2 Å². The summed E-state index contributed by atoms with van der Waals surface area (Å²) in [6.45, 7) is 8.03. The summed E-state index contributed by atoms with van der Waals surface area (Å²) in [5, 5.41) is 0. The highest BCUT2D eigenvalue weighted by molar-refractivity contribution is 5.94. The zero-order valence-electron chi connectivity index (χ0n) is 13.1. The van der Waals surface area contributed by atoms with E-state index >= 15 is 0 Å². The van der Waals surface area contributed by atoms with Gasteiger partial charge in [-0.2, -0.15) is 0 Å². The van der Waals surface area contributed by atoms with E-state index in [1.54, 1.807) is 20.3 Å². The lowest BCUT2D eigenvalue weighted by Crippen LogP contribution is -2.36. The van der Waals surface area contributed by atoms with Gasteiger partial charge in [-0.3, -0.25) is 4.79 Å². The standard InChI is InChI=1S/C16H25NO3/c1-12(2)11-17(8-9-19-4)16(18)14-7-6-13(3)15(10-14)20-5/h6-7,10,12H,8-9,11H2,1-5H3. The van der Waals surface area contributed by atoms with E-state index in [0.29, 0.717) is 24.6 Å². The summed E-state index contributed by atoms with van der Waals surface area (Å²) < 4.78 is 10.4.